The van der Waals surface area contributed by atoms with Gasteiger partial charge in [-0.1, -0.05) is 32.1 Å². The number of amides is 2. The van der Waals surface area contributed by atoms with Gasteiger partial charge in [0.2, 0.25) is 11.8 Å². The summed E-state index contributed by atoms with van der Waals surface area (Å²) in [6.45, 7) is 6.05. The number of methoxy groups -OCH3 is 1. The summed E-state index contributed by atoms with van der Waals surface area (Å²) >= 11 is 1.61. The van der Waals surface area contributed by atoms with Crippen molar-refractivity contribution in [3.05, 3.63) is 53.3 Å². The smallest absolute Gasteiger partial charge is 0.232 e. The summed E-state index contributed by atoms with van der Waals surface area (Å²) in [5.41, 5.74) is 0.503. The van der Waals surface area contributed by atoms with Gasteiger partial charge in [-0.3, -0.25) is 14.5 Å². The van der Waals surface area contributed by atoms with E-state index in [9.17, 15) is 9.59 Å². The molecule has 0 bridgehead atoms. The highest BCUT2D eigenvalue weighted by molar-refractivity contribution is 7.18. The molecule has 2 amide bonds. The highest BCUT2D eigenvalue weighted by atomic mass is 32.1. The number of allylic oxidation sites excluding steroid dienone is 1. The van der Waals surface area contributed by atoms with E-state index in [1.165, 1.54) is 18.9 Å². The normalized spacial score (nSPS) is 17.8. The van der Waals surface area contributed by atoms with Crippen LogP contribution in [0.2, 0.25) is 0 Å². The molecule has 0 radical (unpaired) electrons. The fraction of sp³-hybridized carbons (Fsp3) is 0.409. The van der Waals surface area contributed by atoms with Gasteiger partial charge in [0.15, 0.2) is 0 Å². The van der Waals surface area contributed by atoms with E-state index in [-0.39, 0.29) is 30.9 Å². The van der Waals surface area contributed by atoms with E-state index in [4.69, 9.17) is 9.47 Å². The number of imide groups is 1. The van der Waals surface area contributed by atoms with E-state index >= 15 is 0 Å². The molecular formula is C22H26N2O4S. The van der Waals surface area contributed by atoms with Crippen LogP contribution in [0.15, 0.2) is 48.3 Å². The lowest BCUT2D eigenvalue weighted by Crippen LogP contribution is -2.50. The maximum absolute atomic E-state index is 12.5. The molecule has 1 heterocycles. The predicted molar refractivity (Wildman–Crippen MR) is 113 cm³/mol. The van der Waals surface area contributed by atoms with Gasteiger partial charge in [-0.25, -0.2) is 4.98 Å². The minimum atomic E-state index is -0.466. The first-order valence-electron chi connectivity index (χ1n) is 9.51. The van der Waals surface area contributed by atoms with Crippen LogP contribution >= 0.6 is 11.3 Å². The second-order valence-electron chi connectivity index (χ2n) is 7.56. The molecule has 6 nitrogen and oxygen atoms in total. The Hall–Kier alpha value is -2.51. The standard InChI is InChI=1S/C22H26N2O4S/c1-15(25)24(21(26)11-12-27-4)19-10-9-16(13-22(19,2)3)28-14-20-23-17-7-5-6-8-18(17)29-20/h5-10,13,19H,11-12,14H2,1-4H3. The summed E-state index contributed by atoms with van der Waals surface area (Å²) in [6.07, 6.45) is 5.81. The Kier molecular flexibility index (Phi) is 6.49. The fourth-order valence-corrected chi connectivity index (χ4v) is 4.29. The van der Waals surface area contributed by atoms with Crippen LogP contribution in [0, 0.1) is 5.41 Å². The van der Waals surface area contributed by atoms with Crippen molar-refractivity contribution in [3.63, 3.8) is 0 Å². The molecule has 1 unspecified atom stereocenters. The zero-order chi connectivity index (χ0) is 21.0. The number of benzene rings is 1. The quantitative estimate of drug-likeness (QED) is 0.683. The third-order valence-corrected chi connectivity index (χ3v) is 5.84. The number of ether oxygens (including phenoxy) is 2. The van der Waals surface area contributed by atoms with Crippen LogP contribution in [0.1, 0.15) is 32.2 Å². The zero-order valence-electron chi connectivity index (χ0n) is 17.2. The molecule has 0 saturated heterocycles. The number of nitrogens with zero attached hydrogens (tertiary/aromatic N) is 2. The molecule has 0 N–H and O–H groups in total. The molecule has 7 heteroatoms. The number of para-hydroxylation sites is 1. The third kappa shape index (κ3) is 4.92. The molecule has 0 fully saturated rings. The third-order valence-electron chi connectivity index (χ3n) is 4.83. The minimum Gasteiger partial charge on any atom is -0.487 e. The van der Waals surface area contributed by atoms with Gasteiger partial charge in [-0.05, 0) is 24.3 Å². The first-order chi connectivity index (χ1) is 13.8. The van der Waals surface area contributed by atoms with Crippen molar-refractivity contribution < 1.29 is 19.1 Å². The Balaban J connectivity index is 1.71. The maximum Gasteiger partial charge on any atom is 0.232 e. The largest absolute Gasteiger partial charge is 0.487 e. The Morgan fingerprint density at radius 3 is 2.69 bits per heavy atom. The molecule has 0 saturated carbocycles. The predicted octanol–water partition coefficient (Wildman–Crippen LogP) is 4.07. The average Bonchev–Trinajstić information content (AvgIpc) is 3.09. The monoisotopic (exact) mass is 414 g/mol. The summed E-state index contributed by atoms with van der Waals surface area (Å²) in [4.78, 5) is 30.6. The lowest BCUT2D eigenvalue weighted by atomic mass is 9.79. The Bertz CT molecular complexity index is 928. The van der Waals surface area contributed by atoms with Crippen LogP contribution in [-0.4, -0.2) is 41.5 Å². The lowest BCUT2D eigenvalue weighted by Gasteiger charge is -2.39. The molecule has 29 heavy (non-hydrogen) atoms. The number of fused-ring (bicyclic) bond motifs is 1. The van der Waals surface area contributed by atoms with Crippen molar-refractivity contribution in [2.24, 2.45) is 5.41 Å². The summed E-state index contributed by atoms with van der Waals surface area (Å²) in [6, 6.07) is 7.62. The minimum absolute atomic E-state index is 0.168. The van der Waals surface area contributed by atoms with Crippen molar-refractivity contribution in [2.75, 3.05) is 13.7 Å². The molecule has 3 rings (SSSR count). The average molecular weight is 415 g/mol. The zero-order valence-corrected chi connectivity index (χ0v) is 18.0. The van der Waals surface area contributed by atoms with Crippen LogP contribution in [0.4, 0.5) is 0 Å². The van der Waals surface area contributed by atoms with Gasteiger partial charge in [0.1, 0.15) is 17.4 Å². The van der Waals surface area contributed by atoms with Gasteiger partial charge in [0, 0.05) is 19.4 Å². The molecule has 1 aromatic heterocycles. The number of carbonyl (C=O) groups excluding carboxylic acids is 2. The fourth-order valence-electron chi connectivity index (χ4n) is 3.41. The molecule has 2 aromatic rings. The summed E-state index contributed by atoms with van der Waals surface area (Å²) in [5, 5.41) is 0.903. The molecule has 1 aliphatic carbocycles. The van der Waals surface area contributed by atoms with Gasteiger partial charge in [0.05, 0.1) is 29.3 Å². The van der Waals surface area contributed by atoms with Crippen LogP contribution < -0.4 is 0 Å². The molecule has 154 valence electrons. The first-order valence-corrected chi connectivity index (χ1v) is 10.3. The number of hydrogen-bond acceptors (Lipinski definition) is 6. The molecule has 0 spiro atoms. The highest BCUT2D eigenvalue weighted by Gasteiger charge is 2.38. The number of hydrogen-bond donors (Lipinski definition) is 0. The van der Waals surface area contributed by atoms with E-state index < -0.39 is 5.41 Å². The van der Waals surface area contributed by atoms with Gasteiger partial charge in [-0.2, -0.15) is 0 Å². The first kappa shape index (κ1) is 21.2. The van der Waals surface area contributed by atoms with E-state index in [0.29, 0.717) is 12.4 Å². The number of aromatic nitrogens is 1. The number of rotatable bonds is 7. The topological polar surface area (TPSA) is 68.7 Å². The van der Waals surface area contributed by atoms with E-state index in [2.05, 4.69) is 4.98 Å². The molecule has 1 atom stereocenters. The Morgan fingerprint density at radius 1 is 1.28 bits per heavy atom. The van der Waals surface area contributed by atoms with Crippen molar-refractivity contribution in [3.8, 4) is 0 Å². The van der Waals surface area contributed by atoms with Crippen molar-refractivity contribution in [1.29, 1.82) is 0 Å². The summed E-state index contributed by atoms with van der Waals surface area (Å²) < 4.78 is 12.1. The van der Waals surface area contributed by atoms with Gasteiger partial charge < -0.3 is 9.47 Å². The van der Waals surface area contributed by atoms with Crippen LogP contribution in [0.25, 0.3) is 10.2 Å². The second kappa shape index (κ2) is 8.88. The SMILES string of the molecule is COCCC(=O)N(C(C)=O)C1C=CC(OCc2nc3ccccc3s2)=CC1(C)C. The van der Waals surface area contributed by atoms with Crippen molar-refractivity contribution >= 4 is 33.4 Å². The highest BCUT2D eigenvalue weighted by Crippen LogP contribution is 2.34. The number of carbonyl (C=O) groups is 2. The maximum atomic E-state index is 12.5. The van der Waals surface area contributed by atoms with E-state index in [0.717, 1.165) is 15.2 Å². The Labute approximate surface area is 174 Å². The summed E-state index contributed by atoms with van der Waals surface area (Å²) in [7, 11) is 1.54. The lowest BCUT2D eigenvalue weighted by molar-refractivity contribution is -0.147. The van der Waals surface area contributed by atoms with Crippen molar-refractivity contribution in [1.82, 2.24) is 9.88 Å². The molecule has 1 aromatic carbocycles. The van der Waals surface area contributed by atoms with Crippen molar-refractivity contribution in [2.45, 2.75) is 39.8 Å². The molecule has 0 aliphatic heterocycles. The second-order valence-corrected chi connectivity index (χ2v) is 8.68. The van der Waals surface area contributed by atoms with Crippen LogP contribution in [-0.2, 0) is 25.7 Å². The molecular weight excluding hydrogens is 388 g/mol. The van der Waals surface area contributed by atoms with Gasteiger partial charge >= 0.3 is 0 Å². The molecule has 1 aliphatic rings. The number of thiazole rings is 1. The van der Waals surface area contributed by atoms with Crippen LogP contribution in [0.3, 0.4) is 0 Å². The van der Waals surface area contributed by atoms with Gasteiger partial charge in [0.25, 0.3) is 0 Å². The van der Waals surface area contributed by atoms with Gasteiger partial charge in [-0.15, -0.1) is 11.3 Å². The Morgan fingerprint density at radius 2 is 2.03 bits per heavy atom. The van der Waals surface area contributed by atoms with E-state index in [1.807, 2.05) is 56.3 Å². The van der Waals surface area contributed by atoms with Crippen LogP contribution in [0.5, 0.6) is 0 Å². The summed E-state index contributed by atoms with van der Waals surface area (Å²) in [5.74, 6) is 0.189. The van der Waals surface area contributed by atoms with E-state index in [1.54, 1.807) is 11.3 Å².